The molecule has 1 fully saturated rings. The van der Waals surface area contributed by atoms with Gasteiger partial charge in [-0.05, 0) is 75.5 Å². The summed E-state index contributed by atoms with van der Waals surface area (Å²) in [6.07, 6.45) is 1.47. The Morgan fingerprint density at radius 2 is 1.66 bits per heavy atom. The molecular formula is C30H37F2N3O3. The van der Waals surface area contributed by atoms with Gasteiger partial charge in [0, 0.05) is 11.1 Å². The summed E-state index contributed by atoms with van der Waals surface area (Å²) < 4.78 is 30.2. The van der Waals surface area contributed by atoms with Crippen molar-refractivity contribution in [2.45, 2.75) is 84.5 Å². The number of halogens is 2. The fourth-order valence-corrected chi connectivity index (χ4v) is 5.60. The van der Waals surface area contributed by atoms with Crippen molar-refractivity contribution >= 4 is 17.7 Å². The minimum atomic E-state index is -1.52. The maximum atomic E-state index is 15.5. The Balaban J connectivity index is 1.82. The van der Waals surface area contributed by atoms with Crippen molar-refractivity contribution in [2.24, 2.45) is 11.8 Å². The Morgan fingerprint density at radius 3 is 2.21 bits per heavy atom. The van der Waals surface area contributed by atoms with E-state index in [0.29, 0.717) is 12.8 Å². The molecule has 8 heteroatoms. The maximum Gasteiger partial charge on any atom is 0.247 e. The molecule has 1 heterocycles. The van der Waals surface area contributed by atoms with Gasteiger partial charge < -0.3 is 15.5 Å². The first-order chi connectivity index (χ1) is 17.8. The molecule has 2 aromatic rings. The molecule has 3 amide bonds. The lowest BCUT2D eigenvalue weighted by molar-refractivity contribution is -0.158. The van der Waals surface area contributed by atoms with Crippen LogP contribution in [0.1, 0.15) is 69.3 Å². The molecular weight excluding hydrogens is 488 g/mol. The fraction of sp³-hybridized carbons (Fsp3) is 0.500. The number of aryl methyl sites for hydroxylation is 1. The van der Waals surface area contributed by atoms with Gasteiger partial charge in [-0.15, -0.1) is 0 Å². The second-order valence-corrected chi connectivity index (χ2v) is 12.1. The Hall–Kier alpha value is -3.29. The highest BCUT2D eigenvalue weighted by atomic mass is 19.2. The van der Waals surface area contributed by atoms with E-state index in [9.17, 15) is 18.8 Å². The molecule has 0 aromatic heterocycles. The van der Waals surface area contributed by atoms with Crippen molar-refractivity contribution in [3.8, 4) is 0 Å². The van der Waals surface area contributed by atoms with Gasteiger partial charge in [-0.2, -0.15) is 0 Å². The van der Waals surface area contributed by atoms with E-state index < -0.39 is 47.1 Å². The monoisotopic (exact) mass is 525 g/mol. The van der Waals surface area contributed by atoms with Crippen LogP contribution >= 0.6 is 0 Å². The highest BCUT2D eigenvalue weighted by Crippen LogP contribution is 2.36. The molecule has 2 aliphatic rings. The van der Waals surface area contributed by atoms with E-state index in [4.69, 9.17) is 0 Å². The number of amides is 3. The molecule has 0 bridgehead atoms. The topological polar surface area (TPSA) is 78.5 Å². The van der Waals surface area contributed by atoms with E-state index >= 15 is 4.39 Å². The van der Waals surface area contributed by atoms with E-state index in [0.717, 1.165) is 11.1 Å². The molecule has 0 saturated carbocycles. The van der Waals surface area contributed by atoms with Crippen molar-refractivity contribution < 1.29 is 23.2 Å². The van der Waals surface area contributed by atoms with Crippen molar-refractivity contribution in [1.82, 2.24) is 15.5 Å². The average molecular weight is 526 g/mol. The zero-order valence-electron chi connectivity index (χ0n) is 22.9. The summed E-state index contributed by atoms with van der Waals surface area (Å²) in [5, 5.41) is 5.76. The molecule has 1 saturated heterocycles. The third-order valence-electron chi connectivity index (χ3n) is 7.33. The summed E-state index contributed by atoms with van der Waals surface area (Å²) in [6, 6.07) is 7.21. The molecule has 1 aliphatic carbocycles. The number of hydrogen-bond acceptors (Lipinski definition) is 3. The third-order valence-corrected chi connectivity index (χ3v) is 7.33. The molecule has 4 rings (SSSR count). The van der Waals surface area contributed by atoms with E-state index in [1.807, 2.05) is 38.1 Å². The van der Waals surface area contributed by atoms with E-state index in [1.165, 1.54) is 24.0 Å². The smallest absolute Gasteiger partial charge is 0.247 e. The van der Waals surface area contributed by atoms with E-state index in [1.54, 1.807) is 20.8 Å². The van der Waals surface area contributed by atoms with Crippen molar-refractivity contribution in [3.05, 3.63) is 70.3 Å². The highest BCUT2D eigenvalue weighted by molar-refractivity contribution is 6.00. The summed E-state index contributed by atoms with van der Waals surface area (Å²) in [4.78, 5) is 42.8. The van der Waals surface area contributed by atoms with E-state index in [-0.39, 0.29) is 35.3 Å². The molecule has 0 unspecified atom stereocenters. The largest absolute Gasteiger partial charge is 0.349 e. The number of nitrogens with one attached hydrogen (secondary N) is 2. The molecule has 2 aromatic carbocycles. The number of benzene rings is 2. The average Bonchev–Trinajstić information content (AvgIpc) is 3.25. The first kappa shape index (κ1) is 27.7. The minimum Gasteiger partial charge on any atom is -0.349 e. The second kappa shape index (κ2) is 10.5. The SMILES string of the molecule is Cc1ccc([C@H](C(=O)NC(C)(C)C)N2C(=O)[C@@H](C3Cc4ccccc4C3)NC(=O)[C@H]2CC(C)C)c(F)c1F. The number of piperazine rings is 1. The lowest BCUT2D eigenvalue weighted by Gasteiger charge is -2.45. The summed E-state index contributed by atoms with van der Waals surface area (Å²) >= 11 is 0. The standard InChI is InChI=1S/C30H37F2N3O3/c1-16(2)13-22-27(36)33-25(20-14-18-9-7-8-10-19(18)15-20)29(38)35(22)26(28(37)34-30(4,5)6)21-12-11-17(3)23(31)24(21)32/h7-12,16,20,22,25-26H,13-15H2,1-6H3,(H,33,36)(H,34,37)/t22-,25-,26-/m1/s1. The van der Waals surface area contributed by atoms with Crippen molar-refractivity contribution in [3.63, 3.8) is 0 Å². The summed E-state index contributed by atoms with van der Waals surface area (Å²) in [5.41, 5.74) is 1.34. The first-order valence-electron chi connectivity index (χ1n) is 13.2. The minimum absolute atomic E-state index is 0.000682. The highest BCUT2D eigenvalue weighted by Gasteiger charge is 2.50. The predicted molar refractivity (Wildman–Crippen MR) is 141 cm³/mol. The third kappa shape index (κ3) is 5.45. The normalized spacial score (nSPS) is 20.9. The fourth-order valence-electron chi connectivity index (χ4n) is 5.60. The number of hydrogen-bond donors (Lipinski definition) is 2. The van der Waals surface area contributed by atoms with Crippen LogP contribution in [0, 0.1) is 30.4 Å². The number of fused-ring (bicyclic) bond motifs is 1. The zero-order valence-corrected chi connectivity index (χ0v) is 22.9. The van der Waals surface area contributed by atoms with Gasteiger partial charge in [-0.1, -0.05) is 50.2 Å². The van der Waals surface area contributed by atoms with Crippen LogP contribution in [0.3, 0.4) is 0 Å². The molecule has 3 atom stereocenters. The molecule has 6 nitrogen and oxygen atoms in total. The van der Waals surface area contributed by atoms with Crippen LogP contribution in [0.4, 0.5) is 8.78 Å². The summed E-state index contributed by atoms with van der Waals surface area (Å²) in [6.45, 7) is 10.5. The molecule has 1 aliphatic heterocycles. The molecule has 204 valence electrons. The number of rotatable bonds is 6. The van der Waals surface area contributed by atoms with Gasteiger partial charge in [0.2, 0.25) is 17.7 Å². The van der Waals surface area contributed by atoms with Gasteiger partial charge in [-0.25, -0.2) is 8.78 Å². The first-order valence-corrected chi connectivity index (χ1v) is 13.2. The van der Waals surface area contributed by atoms with Crippen LogP contribution in [0.2, 0.25) is 0 Å². The Labute approximate surface area is 223 Å². The number of nitrogens with zero attached hydrogens (tertiary/aromatic N) is 1. The molecule has 2 N–H and O–H groups in total. The molecule has 0 radical (unpaired) electrons. The number of carbonyl (C=O) groups is 3. The Bertz CT molecular complexity index is 1230. The van der Waals surface area contributed by atoms with Crippen LogP contribution < -0.4 is 10.6 Å². The lowest BCUT2D eigenvalue weighted by atomic mass is 9.87. The van der Waals surface area contributed by atoms with Crippen LogP contribution in [0.15, 0.2) is 36.4 Å². The predicted octanol–water partition coefficient (Wildman–Crippen LogP) is 4.39. The summed E-state index contributed by atoms with van der Waals surface area (Å²) in [7, 11) is 0. The molecule has 0 spiro atoms. The van der Waals surface area contributed by atoms with Gasteiger partial charge in [0.1, 0.15) is 18.1 Å². The van der Waals surface area contributed by atoms with Crippen LogP contribution in [-0.4, -0.2) is 40.2 Å². The quantitative estimate of drug-likeness (QED) is 0.588. The molecule has 38 heavy (non-hydrogen) atoms. The second-order valence-electron chi connectivity index (χ2n) is 12.1. The zero-order chi connectivity index (χ0) is 27.9. The number of carbonyl (C=O) groups excluding carboxylic acids is 3. The van der Waals surface area contributed by atoms with Crippen molar-refractivity contribution in [2.75, 3.05) is 0 Å². The van der Waals surface area contributed by atoms with Crippen LogP contribution in [0.5, 0.6) is 0 Å². The van der Waals surface area contributed by atoms with E-state index in [2.05, 4.69) is 10.6 Å². The maximum absolute atomic E-state index is 15.5. The summed E-state index contributed by atoms with van der Waals surface area (Å²) in [5.74, 6) is -3.98. The Morgan fingerprint density at radius 1 is 1.05 bits per heavy atom. The van der Waals surface area contributed by atoms with Crippen molar-refractivity contribution in [1.29, 1.82) is 0 Å². The van der Waals surface area contributed by atoms with Gasteiger partial charge in [0.05, 0.1) is 0 Å². The van der Waals surface area contributed by atoms with Gasteiger partial charge >= 0.3 is 0 Å². The van der Waals surface area contributed by atoms with Crippen LogP contribution in [-0.2, 0) is 27.2 Å². The van der Waals surface area contributed by atoms with Gasteiger partial charge in [0.25, 0.3) is 0 Å². The Kier molecular flexibility index (Phi) is 7.64. The van der Waals surface area contributed by atoms with Gasteiger partial charge in [0.15, 0.2) is 11.6 Å². The lowest BCUT2D eigenvalue weighted by Crippen LogP contribution is -2.67. The van der Waals surface area contributed by atoms with Crippen LogP contribution in [0.25, 0.3) is 0 Å². The van der Waals surface area contributed by atoms with Gasteiger partial charge in [-0.3, -0.25) is 14.4 Å².